The van der Waals surface area contributed by atoms with Crippen LogP contribution in [0.1, 0.15) is 47.5 Å². The Hall–Kier alpha value is -1.48. The van der Waals surface area contributed by atoms with Crippen LogP contribution in [0.15, 0.2) is 24.3 Å². The molecule has 0 aromatic heterocycles. The van der Waals surface area contributed by atoms with Crippen molar-refractivity contribution in [2.24, 2.45) is 0 Å². The number of carboxylic acid groups (broad SMARTS) is 1. The number of rotatable bonds is 5. The lowest BCUT2D eigenvalue weighted by molar-refractivity contribution is 0.0588. The summed E-state index contributed by atoms with van der Waals surface area (Å²) in [6, 6.07) is 6.83. The van der Waals surface area contributed by atoms with Crippen LogP contribution in [0.25, 0.3) is 0 Å². The second-order valence-corrected chi connectivity index (χ2v) is 8.90. The molecule has 0 saturated carbocycles. The van der Waals surface area contributed by atoms with Crippen molar-refractivity contribution in [2.45, 2.75) is 37.7 Å². The maximum atomic E-state index is 13.0. The average molecular weight is 382 g/mol. The lowest BCUT2D eigenvalue weighted by Gasteiger charge is -2.38. The number of aromatic carboxylic acids is 1. The number of carboxylic acids is 1. The van der Waals surface area contributed by atoms with Gasteiger partial charge >= 0.3 is 5.97 Å². The predicted octanol–water partition coefficient (Wildman–Crippen LogP) is 1.92. The summed E-state index contributed by atoms with van der Waals surface area (Å²) in [4.78, 5) is 11.2. The first-order valence-corrected chi connectivity index (χ1v) is 10.4. The van der Waals surface area contributed by atoms with Crippen molar-refractivity contribution in [2.75, 3.05) is 33.3 Å². The smallest absolute Gasteiger partial charge is 0.335 e. The summed E-state index contributed by atoms with van der Waals surface area (Å²) < 4.78 is 34.4. The van der Waals surface area contributed by atoms with Crippen molar-refractivity contribution >= 4 is 16.2 Å². The van der Waals surface area contributed by atoms with E-state index < -0.39 is 16.2 Å². The van der Waals surface area contributed by atoms with Gasteiger partial charge in [-0.05, 0) is 49.3 Å². The van der Waals surface area contributed by atoms with Crippen molar-refractivity contribution in [3.63, 3.8) is 0 Å². The number of hydrogen-bond acceptors (Lipinski definition) is 4. The Morgan fingerprint density at radius 3 is 2.54 bits per heavy atom. The van der Waals surface area contributed by atoms with Crippen LogP contribution >= 0.6 is 0 Å². The normalized spacial score (nSPS) is 23.8. The molecule has 1 N–H and O–H groups in total. The zero-order valence-corrected chi connectivity index (χ0v) is 15.8. The maximum Gasteiger partial charge on any atom is 0.335 e. The van der Waals surface area contributed by atoms with Crippen LogP contribution in [0, 0.1) is 0 Å². The number of nitrogens with zero attached hydrogens (tertiary/aromatic N) is 2. The number of hydrogen-bond donors (Lipinski definition) is 1. The van der Waals surface area contributed by atoms with Gasteiger partial charge in [-0.2, -0.15) is 17.0 Å². The summed E-state index contributed by atoms with van der Waals surface area (Å²) in [5.74, 6) is -0.942. The van der Waals surface area contributed by atoms with Gasteiger partial charge in [0, 0.05) is 33.3 Å². The Kier molecular flexibility index (Phi) is 5.96. The third-order valence-electron chi connectivity index (χ3n) is 5.38. The van der Waals surface area contributed by atoms with Crippen molar-refractivity contribution in [3.8, 4) is 0 Å². The van der Waals surface area contributed by atoms with Crippen LogP contribution in [0.4, 0.5) is 0 Å². The van der Waals surface area contributed by atoms with Gasteiger partial charge in [-0.1, -0.05) is 12.1 Å². The summed E-state index contributed by atoms with van der Waals surface area (Å²) in [6.07, 6.45) is 3.20. The molecule has 0 radical (unpaired) electrons. The zero-order valence-electron chi connectivity index (χ0n) is 15.0. The molecule has 144 valence electrons. The van der Waals surface area contributed by atoms with Gasteiger partial charge in [0.2, 0.25) is 0 Å². The second-order valence-electron chi connectivity index (χ2n) is 6.97. The van der Waals surface area contributed by atoms with Gasteiger partial charge in [-0.3, -0.25) is 0 Å². The maximum absolute atomic E-state index is 13.0. The Labute approximate surface area is 154 Å². The minimum absolute atomic E-state index is 0.0225. The van der Waals surface area contributed by atoms with Crippen LogP contribution in [-0.4, -0.2) is 67.5 Å². The third-order valence-corrected chi connectivity index (χ3v) is 7.38. The lowest BCUT2D eigenvalue weighted by Crippen LogP contribution is -2.50. The zero-order chi connectivity index (χ0) is 18.7. The lowest BCUT2D eigenvalue weighted by atomic mass is 9.91. The molecule has 2 fully saturated rings. The van der Waals surface area contributed by atoms with E-state index >= 15 is 0 Å². The summed E-state index contributed by atoms with van der Waals surface area (Å²) in [6.45, 7) is 1.88. The summed E-state index contributed by atoms with van der Waals surface area (Å²) >= 11 is 0. The van der Waals surface area contributed by atoms with Crippen LogP contribution in [0.5, 0.6) is 0 Å². The highest BCUT2D eigenvalue weighted by Crippen LogP contribution is 2.30. The Morgan fingerprint density at radius 1 is 1.15 bits per heavy atom. The van der Waals surface area contributed by atoms with E-state index in [0.29, 0.717) is 39.0 Å². The van der Waals surface area contributed by atoms with Gasteiger partial charge in [-0.25, -0.2) is 4.79 Å². The number of methoxy groups -OCH3 is 1. The first kappa shape index (κ1) is 19.3. The van der Waals surface area contributed by atoms with Crippen molar-refractivity contribution in [1.29, 1.82) is 0 Å². The Morgan fingerprint density at radius 2 is 1.88 bits per heavy atom. The van der Waals surface area contributed by atoms with Gasteiger partial charge in [0.05, 0.1) is 11.7 Å². The van der Waals surface area contributed by atoms with E-state index in [2.05, 4.69) is 0 Å². The van der Waals surface area contributed by atoms with Crippen molar-refractivity contribution in [1.82, 2.24) is 8.61 Å². The molecule has 7 nitrogen and oxygen atoms in total. The Balaban J connectivity index is 1.72. The first-order valence-electron chi connectivity index (χ1n) is 9.03. The fourth-order valence-electron chi connectivity index (χ4n) is 3.81. The molecule has 0 aliphatic carbocycles. The predicted molar refractivity (Wildman–Crippen MR) is 97.5 cm³/mol. The molecule has 2 aliphatic heterocycles. The van der Waals surface area contributed by atoms with Gasteiger partial charge in [0.15, 0.2) is 0 Å². The molecule has 2 saturated heterocycles. The van der Waals surface area contributed by atoms with E-state index in [0.717, 1.165) is 18.4 Å². The fourth-order valence-corrected chi connectivity index (χ4v) is 5.54. The molecular weight excluding hydrogens is 356 g/mol. The number of benzene rings is 1. The van der Waals surface area contributed by atoms with Crippen LogP contribution in [0.2, 0.25) is 0 Å². The minimum atomic E-state index is -3.49. The van der Waals surface area contributed by atoms with Gasteiger partial charge in [0.1, 0.15) is 0 Å². The topological polar surface area (TPSA) is 87.2 Å². The molecule has 0 spiro atoms. The van der Waals surface area contributed by atoms with Crippen LogP contribution in [-0.2, 0) is 14.9 Å². The molecule has 1 aromatic carbocycles. The van der Waals surface area contributed by atoms with E-state index in [1.54, 1.807) is 33.9 Å². The summed E-state index contributed by atoms with van der Waals surface area (Å²) in [5.41, 5.74) is 1.13. The number of carbonyl (C=O) groups is 1. The monoisotopic (exact) mass is 382 g/mol. The standard InChI is InChI=1S/C18H26N2O5S/c1-25-17-7-10-19(11-8-17)26(23,24)20-9-3-6-16(13-20)14-4-2-5-15(12-14)18(21)22/h2,4-5,12,16-17H,3,6-11,13H2,1H3,(H,21,22)/t16-/m0/s1. The van der Waals surface area contributed by atoms with Gasteiger partial charge in [-0.15, -0.1) is 0 Å². The molecule has 3 rings (SSSR count). The molecule has 8 heteroatoms. The average Bonchev–Trinajstić information content (AvgIpc) is 2.68. The minimum Gasteiger partial charge on any atom is -0.478 e. The van der Waals surface area contributed by atoms with Crippen molar-refractivity contribution < 1.29 is 23.1 Å². The fraction of sp³-hybridized carbons (Fsp3) is 0.611. The highest BCUT2D eigenvalue weighted by Gasteiger charge is 2.36. The molecular formula is C18H26N2O5S. The Bertz CT molecular complexity index is 744. The van der Waals surface area contributed by atoms with E-state index in [1.165, 1.54) is 0 Å². The third kappa shape index (κ3) is 4.09. The van der Waals surface area contributed by atoms with Crippen LogP contribution in [0.3, 0.4) is 0 Å². The van der Waals surface area contributed by atoms with E-state index in [9.17, 15) is 18.3 Å². The molecule has 0 amide bonds. The highest BCUT2D eigenvalue weighted by molar-refractivity contribution is 7.86. The second kappa shape index (κ2) is 8.04. The summed E-state index contributed by atoms with van der Waals surface area (Å²) in [5, 5.41) is 9.18. The first-order chi connectivity index (χ1) is 12.4. The van der Waals surface area contributed by atoms with Gasteiger partial charge in [0.25, 0.3) is 10.2 Å². The number of piperidine rings is 2. The molecule has 0 unspecified atom stereocenters. The molecule has 2 heterocycles. The number of ether oxygens (including phenoxy) is 1. The molecule has 2 aliphatic rings. The summed E-state index contributed by atoms with van der Waals surface area (Å²) in [7, 11) is -1.83. The van der Waals surface area contributed by atoms with Crippen LogP contribution < -0.4 is 0 Å². The molecule has 0 bridgehead atoms. The highest BCUT2D eigenvalue weighted by atomic mass is 32.2. The van der Waals surface area contributed by atoms with E-state index in [4.69, 9.17) is 4.74 Å². The van der Waals surface area contributed by atoms with E-state index in [-0.39, 0.29) is 17.6 Å². The molecule has 1 atom stereocenters. The van der Waals surface area contributed by atoms with Crippen molar-refractivity contribution in [3.05, 3.63) is 35.4 Å². The SMILES string of the molecule is COC1CCN(S(=O)(=O)N2CCC[C@H](c3cccc(C(=O)O)c3)C2)CC1. The van der Waals surface area contributed by atoms with E-state index in [1.807, 2.05) is 6.07 Å². The molecule has 26 heavy (non-hydrogen) atoms. The van der Waals surface area contributed by atoms with Gasteiger partial charge < -0.3 is 9.84 Å². The largest absolute Gasteiger partial charge is 0.478 e. The quantitative estimate of drug-likeness (QED) is 0.841. The molecule has 1 aromatic rings.